The highest BCUT2D eigenvalue weighted by Crippen LogP contribution is 2.21. The molecule has 0 aliphatic rings. The summed E-state index contributed by atoms with van der Waals surface area (Å²) in [7, 11) is 0. The number of imidazole rings is 1. The fraction of sp³-hybridized carbons (Fsp3) is 0.316. The van der Waals surface area contributed by atoms with E-state index in [9.17, 15) is 8.78 Å². The van der Waals surface area contributed by atoms with Gasteiger partial charge in [0.25, 0.3) is 0 Å². The molecule has 0 unspecified atom stereocenters. The number of nitrogens with one attached hydrogen (secondary N) is 1. The van der Waals surface area contributed by atoms with Gasteiger partial charge in [0, 0.05) is 18.7 Å². The summed E-state index contributed by atoms with van der Waals surface area (Å²) in [6.45, 7) is 1.18. The molecule has 2 aromatic carbocycles. The minimum atomic E-state index is -2.82. The Labute approximate surface area is 145 Å². The van der Waals surface area contributed by atoms with Gasteiger partial charge in [0.1, 0.15) is 11.6 Å². The summed E-state index contributed by atoms with van der Waals surface area (Å²) < 4.78 is 31.7. The van der Waals surface area contributed by atoms with Crippen molar-refractivity contribution in [3.05, 3.63) is 59.9 Å². The van der Waals surface area contributed by atoms with Gasteiger partial charge in [-0.25, -0.2) is 4.98 Å². The molecule has 0 aliphatic heterocycles. The molecule has 0 radical (unpaired) electrons. The highest BCUT2D eigenvalue weighted by Gasteiger charge is 2.11. The number of hydrogen-bond donors (Lipinski definition) is 1. The lowest BCUT2D eigenvalue weighted by Gasteiger charge is -2.12. The maximum atomic E-state index is 12.5. The molecule has 1 aromatic heterocycles. The quantitative estimate of drug-likeness (QED) is 0.660. The molecule has 132 valence electrons. The summed E-state index contributed by atoms with van der Waals surface area (Å²) in [6, 6.07) is 14.9. The monoisotopic (exact) mass is 345 g/mol. The summed E-state index contributed by atoms with van der Waals surface area (Å²) in [4.78, 5) is 4.68. The van der Waals surface area contributed by atoms with E-state index in [0.29, 0.717) is 18.7 Å². The number of fused-ring (bicyclic) bond motifs is 1. The summed E-state index contributed by atoms with van der Waals surface area (Å²) in [6.07, 6.45) is 1.01. The lowest BCUT2D eigenvalue weighted by molar-refractivity contribution is -0.0505. The van der Waals surface area contributed by atoms with Gasteiger partial charge in [0.15, 0.2) is 0 Å². The molecule has 3 aromatic rings. The molecule has 6 heteroatoms. The maximum Gasteiger partial charge on any atom is 0.387 e. The van der Waals surface area contributed by atoms with Crippen LogP contribution in [0.1, 0.15) is 24.7 Å². The fourth-order valence-electron chi connectivity index (χ4n) is 2.90. The lowest BCUT2D eigenvalue weighted by atomic mass is 10.2. The predicted molar refractivity (Wildman–Crippen MR) is 93.6 cm³/mol. The van der Waals surface area contributed by atoms with Crippen molar-refractivity contribution in [2.24, 2.45) is 0 Å². The van der Waals surface area contributed by atoms with Crippen LogP contribution in [0, 0.1) is 0 Å². The van der Waals surface area contributed by atoms with Crippen LogP contribution in [-0.2, 0) is 19.6 Å². The Bertz CT molecular complexity index is 832. The van der Waals surface area contributed by atoms with Crippen LogP contribution in [0.15, 0.2) is 48.5 Å². The van der Waals surface area contributed by atoms with Gasteiger partial charge >= 0.3 is 6.61 Å². The normalized spacial score (nSPS) is 11.4. The summed E-state index contributed by atoms with van der Waals surface area (Å²) in [5, 5.41) is 3.28. The second-order valence-electron chi connectivity index (χ2n) is 5.76. The van der Waals surface area contributed by atoms with E-state index in [-0.39, 0.29) is 5.75 Å². The zero-order chi connectivity index (χ0) is 17.6. The lowest BCUT2D eigenvalue weighted by Crippen LogP contribution is -2.17. The first-order valence-electron chi connectivity index (χ1n) is 8.36. The molecule has 0 aliphatic carbocycles. The third-order valence-corrected chi connectivity index (χ3v) is 3.97. The van der Waals surface area contributed by atoms with Crippen LogP contribution in [0.25, 0.3) is 11.0 Å². The first-order valence-corrected chi connectivity index (χ1v) is 8.36. The first-order chi connectivity index (χ1) is 12.2. The number of para-hydroxylation sites is 3. The third kappa shape index (κ3) is 4.14. The number of alkyl halides is 2. The summed E-state index contributed by atoms with van der Waals surface area (Å²) >= 11 is 0. The molecule has 0 bridgehead atoms. The van der Waals surface area contributed by atoms with Crippen LogP contribution in [0.5, 0.6) is 5.75 Å². The van der Waals surface area contributed by atoms with Gasteiger partial charge in [-0.1, -0.05) is 37.3 Å². The van der Waals surface area contributed by atoms with Gasteiger partial charge in [0.05, 0.1) is 17.6 Å². The summed E-state index contributed by atoms with van der Waals surface area (Å²) in [5.41, 5.74) is 2.78. The van der Waals surface area contributed by atoms with Crippen molar-refractivity contribution in [1.82, 2.24) is 14.9 Å². The number of benzene rings is 2. The Kier molecular flexibility index (Phi) is 5.60. The van der Waals surface area contributed by atoms with Crippen molar-refractivity contribution >= 4 is 11.0 Å². The van der Waals surface area contributed by atoms with Crippen molar-refractivity contribution in [3.8, 4) is 5.75 Å². The number of rotatable bonds is 8. The van der Waals surface area contributed by atoms with Crippen LogP contribution in [-0.4, -0.2) is 16.2 Å². The first kappa shape index (κ1) is 17.4. The van der Waals surface area contributed by atoms with E-state index in [4.69, 9.17) is 0 Å². The molecule has 3 rings (SSSR count). The van der Waals surface area contributed by atoms with Gasteiger partial charge in [-0.05, 0) is 24.6 Å². The standard InChI is InChI=1S/C19H21F2N3O/c1-2-11-24-16-9-5-4-8-15(16)23-18(24)13-22-12-14-7-3-6-10-17(14)25-19(20)21/h3-10,19,22H,2,11-13H2,1H3. The van der Waals surface area contributed by atoms with E-state index >= 15 is 0 Å². The van der Waals surface area contributed by atoms with Crippen molar-refractivity contribution < 1.29 is 13.5 Å². The Balaban J connectivity index is 1.72. The smallest absolute Gasteiger partial charge is 0.387 e. The molecule has 25 heavy (non-hydrogen) atoms. The molecule has 0 amide bonds. The van der Waals surface area contributed by atoms with Gasteiger partial charge in [0.2, 0.25) is 0 Å². The average Bonchev–Trinajstić information content (AvgIpc) is 2.94. The number of aryl methyl sites for hydroxylation is 1. The van der Waals surface area contributed by atoms with Crippen LogP contribution in [0.3, 0.4) is 0 Å². The fourth-order valence-corrected chi connectivity index (χ4v) is 2.90. The second-order valence-corrected chi connectivity index (χ2v) is 5.76. The predicted octanol–water partition coefficient (Wildman–Crippen LogP) is 4.34. The number of halogens is 2. The molecule has 4 nitrogen and oxygen atoms in total. The zero-order valence-electron chi connectivity index (χ0n) is 14.1. The largest absolute Gasteiger partial charge is 0.434 e. The average molecular weight is 345 g/mol. The minimum Gasteiger partial charge on any atom is -0.434 e. The van der Waals surface area contributed by atoms with E-state index in [2.05, 4.69) is 32.6 Å². The minimum absolute atomic E-state index is 0.201. The molecule has 1 N–H and O–H groups in total. The van der Waals surface area contributed by atoms with Crippen LogP contribution >= 0.6 is 0 Å². The topological polar surface area (TPSA) is 39.1 Å². The molecular weight excluding hydrogens is 324 g/mol. The van der Waals surface area contributed by atoms with Crippen molar-refractivity contribution in [3.63, 3.8) is 0 Å². The second kappa shape index (κ2) is 8.07. The number of hydrogen-bond acceptors (Lipinski definition) is 3. The zero-order valence-corrected chi connectivity index (χ0v) is 14.1. The number of ether oxygens (including phenoxy) is 1. The SMILES string of the molecule is CCCn1c(CNCc2ccccc2OC(F)F)nc2ccccc21. The van der Waals surface area contributed by atoms with Gasteiger partial charge in [-0.2, -0.15) is 8.78 Å². The van der Waals surface area contributed by atoms with E-state index in [0.717, 1.165) is 29.8 Å². The molecule has 0 saturated heterocycles. The van der Waals surface area contributed by atoms with Crippen LogP contribution < -0.4 is 10.1 Å². The van der Waals surface area contributed by atoms with Crippen molar-refractivity contribution in [2.75, 3.05) is 0 Å². The molecule has 0 atom stereocenters. The van der Waals surface area contributed by atoms with Gasteiger partial charge < -0.3 is 14.6 Å². The van der Waals surface area contributed by atoms with E-state index in [1.54, 1.807) is 18.2 Å². The Morgan fingerprint density at radius 1 is 1.08 bits per heavy atom. The van der Waals surface area contributed by atoms with Crippen LogP contribution in [0.2, 0.25) is 0 Å². The Hall–Kier alpha value is -2.47. The van der Waals surface area contributed by atoms with Crippen molar-refractivity contribution in [2.45, 2.75) is 39.6 Å². The highest BCUT2D eigenvalue weighted by molar-refractivity contribution is 5.75. The number of aromatic nitrogens is 2. The van der Waals surface area contributed by atoms with Gasteiger partial charge in [-0.15, -0.1) is 0 Å². The van der Waals surface area contributed by atoms with E-state index in [1.807, 2.05) is 24.3 Å². The Morgan fingerprint density at radius 2 is 1.84 bits per heavy atom. The van der Waals surface area contributed by atoms with Crippen LogP contribution in [0.4, 0.5) is 8.78 Å². The highest BCUT2D eigenvalue weighted by atomic mass is 19.3. The molecule has 0 fully saturated rings. The van der Waals surface area contributed by atoms with E-state index < -0.39 is 6.61 Å². The van der Waals surface area contributed by atoms with Crippen molar-refractivity contribution in [1.29, 1.82) is 0 Å². The van der Waals surface area contributed by atoms with E-state index in [1.165, 1.54) is 0 Å². The third-order valence-electron chi connectivity index (χ3n) is 3.97. The molecular formula is C19H21F2N3O. The maximum absolute atomic E-state index is 12.5. The molecule has 1 heterocycles. The van der Waals surface area contributed by atoms with Gasteiger partial charge in [-0.3, -0.25) is 0 Å². The number of nitrogens with zero attached hydrogens (tertiary/aromatic N) is 2. The Morgan fingerprint density at radius 3 is 2.64 bits per heavy atom. The molecule has 0 spiro atoms. The summed E-state index contributed by atoms with van der Waals surface area (Å²) in [5.74, 6) is 1.14. The molecule has 0 saturated carbocycles.